The Morgan fingerprint density at radius 1 is 1.19 bits per heavy atom. The maximum absolute atomic E-state index is 12.5. The van der Waals surface area contributed by atoms with E-state index in [2.05, 4.69) is 9.72 Å². The minimum Gasteiger partial charge on any atom is -0.465 e. The molecule has 0 aliphatic rings. The summed E-state index contributed by atoms with van der Waals surface area (Å²) in [5.74, 6) is -1.36. The number of methoxy groups -OCH3 is 1. The molecule has 0 bridgehead atoms. The number of hydrogen-bond donors (Lipinski definition) is 1. The molecule has 21 heavy (non-hydrogen) atoms. The minimum atomic E-state index is -0.724. The van der Waals surface area contributed by atoms with E-state index in [1.165, 1.54) is 19.4 Å². The van der Waals surface area contributed by atoms with E-state index in [-0.39, 0.29) is 23.1 Å². The summed E-state index contributed by atoms with van der Waals surface area (Å²) < 4.78 is 9.52. The number of fused-ring (bicyclic) bond motifs is 1. The van der Waals surface area contributed by atoms with Crippen LogP contribution in [-0.4, -0.2) is 30.6 Å². The number of nitrogens with one attached hydrogen (secondary N) is 1. The summed E-state index contributed by atoms with van der Waals surface area (Å²) in [6.07, 6.45) is 1.30. The Balaban J connectivity index is 2.81. The third-order valence-corrected chi connectivity index (χ3v) is 3.15. The summed E-state index contributed by atoms with van der Waals surface area (Å²) in [7, 11) is 1.23. The van der Waals surface area contributed by atoms with Gasteiger partial charge >= 0.3 is 11.9 Å². The first kappa shape index (κ1) is 14.8. The lowest BCUT2D eigenvalue weighted by Gasteiger charge is -2.09. The van der Waals surface area contributed by atoms with Crippen molar-refractivity contribution in [1.29, 1.82) is 0 Å². The van der Waals surface area contributed by atoms with Gasteiger partial charge in [-0.3, -0.25) is 4.79 Å². The number of pyridine rings is 1. The quantitative estimate of drug-likeness (QED) is 0.871. The number of carbonyl (C=O) groups excluding carboxylic acids is 2. The highest BCUT2D eigenvalue weighted by Crippen LogP contribution is 2.19. The highest BCUT2D eigenvalue weighted by Gasteiger charge is 2.20. The van der Waals surface area contributed by atoms with E-state index in [0.29, 0.717) is 5.52 Å². The highest BCUT2D eigenvalue weighted by molar-refractivity contribution is 6.06. The van der Waals surface area contributed by atoms with Gasteiger partial charge in [-0.15, -0.1) is 0 Å². The van der Waals surface area contributed by atoms with Crippen LogP contribution in [0.5, 0.6) is 0 Å². The summed E-state index contributed by atoms with van der Waals surface area (Å²) in [6, 6.07) is 3.21. The first-order valence-electron chi connectivity index (χ1n) is 6.41. The van der Waals surface area contributed by atoms with Crippen LogP contribution >= 0.6 is 0 Å². The lowest BCUT2D eigenvalue weighted by atomic mass is 10.0. The molecule has 0 aliphatic heterocycles. The molecule has 1 aromatic carbocycles. The fourth-order valence-corrected chi connectivity index (χ4v) is 2.11. The van der Waals surface area contributed by atoms with Crippen molar-refractivity contribution in [2.75, 3.05) is 13.7 Å². The van der Waals surface area contributed by atoms with Crippen LogP contribution in [0.25, 0.3) is 10.9 Å². The molecule has 1 aromatic heterocycles. The van der Waals surface area contributed by atoms with Crippen LogP contribution in [-0.2, 0) is 9.47 Å². The molecule has 2 rings (SSSR count). The van der Waals surface area contributed by atoms with Crippen molar-refractivity contribution < 1.29 is 19.1 Å². The van der Waals surface area contributed by atoms with Crippen molar-refractivity contribution in [2.24, 2.45) is 0 Å². The number of aryl methyl sites for hydroxylation is 1. The standard InChI is InChI=1S/C15H15NO5/c1-4-21-15(19)10-7-16-12-8(2)5-6-9(14(18)20-3)11(12)13(10)17/h5-7H,4H2,1-3H3,(H,16,17). The van der Waals surface area contributed by atoms with Gasteiger partial charge in [-0.1, -0.05) is 6.07 Å². The fourth-order valence-electron chi connectivity index (χ4n) is 2.11. The summed E-state index contributed by atoms with van der Waals surface area (Å²) in [6.45, 7) is 3.61. The zero-order valence-corrected chi connectivity index (χ0v) is 12.0. The monoisotopic (exact) mass is 289 g/mol. The van der Waals surface area contributed by atoms with E-state index in [1.807, 2.05) is 0 Å². The summed E-state index contributed by atoms with van der Waals surface area (Å²) >= 11 is 0. The topological polar surface area (TPSA) is 85.5 Å². The van der Waals surface area contributed by atoms with Crippen LogP contribution in [0.15, 0.2) is 23.1 Å². The first-order valence-corrected chi connectivity index (χ1v) is 6.41. The maximum atomic E-state index is 12.5. The number of hydrogen-bond acceptors (Lipinski definition) is 5. The van der Waals surface area contributed by atoms with E-state index >= 15 is 0 Å². The SMILES string of the molecule is CCOC(=O)c1c[nH]c2c(C)ccc(C(=O)OC)c2c1=O. The molecule has 1 N–H and O–H groups in total. The molecule has 6 nitrogen and oxygen atoms in total. The van der Waals surface area contributed by atoms with Gasteiger partial charge in [0.2, 0.25) is 5.43 Å². The van der Waals surface area contributed by atoms with Crippen LogP contribution < -0.4 is 5.43 Å². The molecule has 0 saturated carbocycles. The summed E-state index contributed by atoms with van der Waals surface area (Å²) in [5.41, 5.74) is 0.706. The second-order valence-electron chi connectivity index (χ2n) is 4.42. The van der Waals surface area contributed by atoms with Gasteiger partial charge in [-0.05, 0) is 25.5 Å². The predicted octanol–water partition coefficient (Wildman–Crippen LogP) is 1.80. The smallest absolute Gasteiger partial charge is 0.343 e. The molecule has 0 saturated heterocycles. The molecule has 110 valence electrons. The molecule has 1 heterocycles. The van der Waals surface area contributed by atoms with Gasteiger partial charge in [0.25, 0.3) is 0 Å². The van der Waals surface area contributed by atoms with Crippen molar-refractivity contribution in [3.8, 4) is 0 Å². The Kier molecular flexibility index (Phi) is 4.07. The lowest BCUT2D eigenvalue weighted by molar-refractivity contribution is 0.0523. The van der Waals surface area contributed by atoms with Gasteiger partial charge in [0, 0.05) is 6.20 Å². The van der Waals surface area contributed by atoms with Gasteiger partial charge in [0.1, 0.15) is 5.56 Å². The Morgan fingerprint density at radius 2 is 1.90 bits per heavy atom. The molecule has 0 spiro atoms. The van der Waals surface area contributed by atoms with E-state index in [0.717, 1.165) is 5.56 Å². The minimum absolute atomic E-state index is 0.116. The van der Waals surface area contributed by atoms with Crippen molar-refractivity contribution in [1.82, 2.24) is 4.98 Å². The fraction of sp³-hybridized carbons (Fsp3) is 0.267. The molecule has 0 unspecified atom stereocenters. The van der Waals surface area contributed by atoms with Crippen molar-refractivity contribution in [2.45, 2.75) is 13.8 Å². The number of aromatic amines is 1. The Bertz CT molecular complexity index is 775. The second kappa shape index (κ2) is 5.78. The van der Waals surface area contributed by atoms with E-state index in [1.54, 1.807) is 19.9 Å². The number of esters is 2. The van der Waals surface area contributed by atoms with Crippen LogP contribution in [0, 0.1) is 6.92 Å². The maximum Gasteiger partial charge on any atom is 0.343 e. The molecular weight excluding hydrogens is 274 g/mol. The second-order valence-corrected chi connectivity index (χ2v) is 4.42. The zero-order chi connectivity index (χ0) is 15.6. The molecule has 0 aliphatic carbocycles. The normalized spacial score (nSPS) is 10.4. The number of rotatable bonds is 3. The number of aromatic nitrogens is 1. The molecular formula is C15H15NO5. The van der Waals surface area contributed by atoms with Gasteiger partial charge in [0.15, 0.2) is 0 Å². The van der Waals surface area contributed by atoms with Crippen molar-refractivity contribution in [3.05, 3.63) is 45.2 Å². The average Bonchev–Trinajstić information content (AvgIpc) is 2.47. The zero-order valence-electron chi connectivity index (χ0n) is 12.0. The molecule has 2 aromatic rings. The Hall–Kier alpha value is -2.63. The van der Waals surface area contributed by atoms with Crippen molar-refractivity contribution in [3.63, 3.8) is 0 Å². The van der Waals surface area contributed by atoms with Crippen LogP contribution in [0.1, 0.15) is 33.2 Å². The van der Waals surface area contributed by atoms with Crippen LogP contribution in [0.2, 0.25) is 0 Å². The largest absolute Gasteiger partial charge is 0.465 e. The van der Waals surface area contributed by atoms with Gasteiger partial charge in [-0.25, -0.2) is 9.59 Å². The summed E-state index contributed by atoms with van der Waals surface area (Å²) in [4.78, 5) is 39.0. The van der Waals surface area contributed by atoms with E-state index in [4.69, 9.17) is 4.74 Å². The van der Waals surface area contributed by atoms with Crippen LogP contribution in [0.4, 0.5) is 0 Å². The number of carbonyl (C=O) groups is 2. The van der Waals surface area contributed by atoms with Gasteiger partial charge in [-0.2, -0.15) is 0 Å². The van der Waals surface area contributed by atoms with Crippen LogP contribution in [0.3, 0.4) is 0 Å². The third kappa shape index (κ3) is 2.52. The average molecular weight is 289 g/mol. The molecule has 0 atom stereocenters. The Morgan fingerprint density at radius 3 is 2.52 bits per heavy atom. The van der Waals surface area contributed by atoms with Gasteiger partial charge < -0.3 is 14.5 Å². The number of ether oxygens (including phenoxy) is 2. The molecule has 0 amide bonds. The lowest BCUT2D eigenvalue weighted by Crippen LogP contribution is -2.20. The van der Waals surface area contributed by atoms with Gasteiger partial charge in [0.05, 0.1) is 30.2 Å². The Labute approximate surface area is 120 Å². The molecule has 0 radical (unpaired) electrons. The highest BCUT2D eigenvalue weighted by atomic mass is 16.5. The number of benzene rings is 1. The summed E-state index contributed by atoms with van der Waals surface area (Å²) in [5, 5.41) is 0.132. The van der Waals surface area contributed by atoms with E-state index < -0.39 is 17.4 Å². The third-order valence-electron chi connectivity index (χ3n) is 3.15. The predicted molar refractivity (Wildman–Crippen MR) is 76.6 cm³/mol. The first-order chi connectivity index (χ1) is 10.0. The number of H-pyrrole nitrogens is 1. The van der Waals surface area contributed by atoms with E-state index in [9.17, 15) is 14.4 Å². The molecule has 6 heteroatoms. The van der Waals surface area contributed by atoms with Crippen molar-refractivity contribution >= 4 is 22.8 Å². The molecule has 0 fully saturated rings.